The van der Waals surface area contributed by atoms with E-state index in [0.717, 1.165) is 4.90 Å². The van der Waals surface area contributed by atoms with Gasteiger partial charge in [-0.2, -0.15) is 0 Å². The molecular weight excluding hydrogens is 300 g/mol. The summed E-state index contributed by atoms with van der Waals surface area (Å²) < 4.78 is 15.5. The topological polar surface area (TPSA) is 77.1 Å². The highest BCUT2D eigenvalue weighted by atomic mass is 16.7. The molecule has 23 heavy (non-hydrogen) atoms. The lowest BCUT2D eigenvalue weighted by molar-refractivity contribution is -0.106. The van der Waals surface area contributed by atoms with Crippen LogP contribution in [0.5, 0.6) is 17.2 Å². The van der Waals surface area contributed by atoms with E-state index in [1.807, 2.05) is 0 Å². The van der Waals surface area contributed by atoms with Crippen LogP contribution in [-0.2, 0) is 4.79 Å². The fourth-order valence-corrected chi connectivity index (χ4v) is 2.13. The Morgan fingerprint density at radius 2 is 1.91 bits per heavy atom. The van der Waals surface area contributed by atoms with Gasteiger partial charge in [0, 0.05) is 11.8 Å². The molecule has 1 heterocycles. The second-order valence-corrected chi connectivity index (χ2v) is 4.67. The maximum absolute atomic E-state index is 12.3. The number of hydrogen-bond donors (Lipinski definition) is 1. The minimum atomic E-state index is -0.580. The number of imide groups is 1. The average molecular weight is 314 g/mol. The first kappa shape index (κ1) is 14.7. The molecule has 2 aromatic carbocycles. The zero-order valence-electron chi connectivity index (χ0n) is 12.3. The van der Waals surface area contributed by atoms with Crippen molar-refractivity contribution in [3.05, 3.63) is 42.5 Å². The molecule has 0 fully saturated rings. The number of hydrogen-bond acceptors (Lipinski definition) is 5. The van der Waals surface area contributed by atoms with E-state index >= 15 is 0 Å². The molecule has 0 saturated carbocycles. The highest BCUT2D eigenvalue weighted by Gasteiger charge is 2.18. The van der Waals surface area contributed by atoms with Crippen molar-refractivity contribution in [3.8, 4) is 17.2 Å². The van der Waals surface area contributed by atoms with Crippen LogP contribution in [0.2, 0.25) is 0 Å². The number of amides is 3. The first-order chi connectivity index (χ1) is 11.2. The van der Waals surface area contributed by atoms with Crippen LogP contribution < -0.4 is 24.4 Å². The third-order valence-electron chi connectivity index (χ3n) is 3.30. The molecule has 7 heteroatoms. The normalized spacial score (nSPS) is 11.7. The van der Waals surface area contributed by atoms with Crippen molar-refractivity contribution in [2.75, 3.05) is 24.1 Å². The third kappa shape index (κ3) is 3.03. The monoisotopic (exact) mass is 314 g/mol. The quantitative estimate of drug-likeness (QED) is 0.878. The first-order valence-electron chi connectivity index (χ1n) is 6.80. The fourth-order valence-electron chi connectivity index (χ4n) is 2.13. The number of nitrogens with one attached hydrogen (secondary N) is 1. The summed E-state index contributed by atoms with van der Waals surface area (Å²) in [7, 11) is 1.54. The first-order valence-corrected chi connectivity index (χ1v) is 6.80. The molecule has 0 atom stereocenters. The minimum absolute atomic E-state index is 0.152. The van der Waals surface area contributed by atoms with Crippen molar-refractivity contribution in [2.45, 2.75) is 0 Å². The van der Waals surface area contributed by atoms with Gasteiger partial charge in [-0.1, -0.05) is 0 Å². The zero-order valence-corrected chi connectivity index (χ0v) is 12.3. The number of fused-ring (bicyclic) bond motifs is 1. The summed E-state index contributed by atoms with van der Waals surface area (Å²) in [4.78, 5) is 24.5. The van der Waals surface area contributed by atoms with Gasteiger partial charge in [0.25, 0.3) is 0 Å². The molecule has 118 valence electrons. The lowest BCUT2D eigenvalue weighted by Gasteiger charge is -2.17. The Bertz CT molecular complexity index is 730. The molecule has 3 amide bonds. The Morgan fingerprint density at radius 1 is 1.17 bits per heavy atom. The van der Waals surface area contributed by atoms with E-state index in [4.69, 9.17) is 14.2 Å². The summed E-state index contributed by atoms with van der Waals surface area (Å²) in [5.74, 6) is 1.80. The standard InChI is InChI=1S/C16H14N2O5/c1-21-13-5-3-12(4-6-13)18(9-19)16(20)17-11-2-7-14-15(8-11)23-10-22-14/h2-9H,10H2,1H3,(H,17,20). The van der Waals surface area contributed by atoms with E-state index in [-0.39, 0.29) is 6.79 Å². The summed E-state index contributed by atoms with van der Waals surface area (Å²) in [6, 6.07) is 11.0. The predicted molar refractivity (Wildman–Crippen MR) is 83.1 cm³/mol. The number of rotatable bonds is 4. The molecule has 0 bridgehead atoms. The number of carbonyl (C=O) groups is 2. The van der Waals surface area contributed by atoms with Crippen molar-refractivity contribution in [2.24, 2.45) is 0 Å². The van der Waals surface area contributed by atoms with Gasteiger partial charge in [-0.15, -0.1) is 0 Å². The van der Waals surface area contributed by atoms with Crippen LogP contribution in [0.4, 0.5) is 16.2 Å². The molecule has 1 aliphatic heterocycles. The highest BCUT2D eigenvalue weighted by Crippen LogP contribution is 2.34. The molecule has 0 aromatic heterocycles. The maximum Gasteiger partial charge on any atom is 0.332 e. The Morgan fingerprint density at radius 3 is 2.61 bits per heavy atom. The van der Waals surface area contributed by atoms with E-state index in [1.54, 1.807) is 49.6 Å². The van der Waals surface area contributed by atoms with Crippen LogP contribution in [0, 0.1) is 0 Å². The van der Waals surface area contributed by atoms with E-state index in [9.17, 15) is 9.59 Å². The average Bonchev–Trinajstić information content (AvgIpc) is 3.04. The number of benzene rings is 2. The predicted octanol–water partition coefficient (Wildman–Crippen LogP) is 2.62. The summed E-state index contributed by atoms with van der Waals surface area (Å²) in [6.07, 6.45) is 0.449. The number of anilines is 2. The molecule has 0 aliphatic carbocycles. The number of nitrogens with zero attached hydrogens (tertiary/aromatic N) is 1. The number of methoxy groups -OCH3 is 1. The van der Waals surface area contributed by atoms with Gasteiger partial charge in [0.15, 0.2) is 11.5 Å². The van der Waals surface area contributed by atoms with Crippen LogP contribution in [0.1, 0.15) is 0 Å². The molecule has 3 rings (SSSR count). The molecule has 0 spiro atoms. The third-order valence-corrected chi connectivity index (χ3v) is 3.30. The summed E-state index contributed by atoms with van der Waals surface area (Å²) in [5.41, 5.74) is 0.929. The van der Waals surface area contributed by atoms with Crippen molar-refractivity contribution in [3.63, 3.8) is 0 Å². The molecule has 1 N–H and O–H groups in total. The van der Waals surface area contributed by atoms with Crippen molar-refractivity contribution >= 4 is 23.8 Å². The second kappa shape index (κ2) is 6.27. The van der Waals surface area contributed by atoms with Crippen LogP contribution in [-0.4, -0.2) is 26.3 Å². The number of ether oxygens (including phenoxy) is 3. The molecule has 0 saturated heterocycles. The van der Waals surface area contributed by atoms with Gasteiger partial charge in [-0.05, 0) is 36.4 Å². The fraction of sp³-hybridized carbons (Fsp3) is 0.125. The molecular formula is C16H14N2O5. The second-order valence-electron chi connectivity index (χ2n) is 4.67. The molecule has 1 aliphatic rings. The van der Waals surface area contributed by atoms with E-state index in [1.165, 1.54) is 0 Å². The Kier molecular flexibility index (Phi) is 4.01. The van der Waals surface area contributed by atoms with Gasteiger partial charge in [-0.3, -0.25) is 4.79 Å². The van der Waals surface area contributed by atoms with Crippen LogP contribution in [0.15, 0.2) is 42.5 Å². The van der Waals surface area contributed by atoms with Crippen LogP contribution >= 0.6 is 0 Å². The molecule has 2 aromatic rings. The zero-order chi connectivity index (χ0) is 16.2. The number of urea groups is 1. The van der Waals surface area contributed by atoms with Gasteiger partial charge in [0.1, 0.15) is 5.75 Å². The van der Waals surface area contributed by atoms with Crippen molar-refractivity contribution in [1.82, 2.24) is 0 Å². The van der Waals surface area contributed by atoms with Crippen LogP contribution in [0.25, 0.3) is 0 Å². The maximum atomic E-state index is 12.3. The van der Waals surface area contributed by atoms with Gasteiger partial charge in [0.05, 0.1) is 12.8 Å². The van der Waals surface area contributed by atoms with Gasteiger partial charge >= 0.3 is 6.03 Å². The Labute approximate surface area is 132 Å². The van der Waals surface area contributed by atoms with Crippen molar-refractivity contribution < 1.29 is 23.8 Å². The van der Waals surface area contributed by atoms with Crippen molar-refractivity contribution in [1.29, 1.82) is 0 Å². The Balaban J connectivity index is 1.75. The highest BCUT2D eigenvalue weighted by molar-refractivity contribution is 6.12. The van der Waals surface area contributed by atoms with Gasteiger partial charge in [-0.25, -0.2) is 9.69 Å². The molecule has 7 nitrogen and oxygen atoms in total. The van der Waals surface area contributed by atoms with E-state index in [0.29, 0.717) is 35.0 Å². The number of carbonyl (C=O) groups excluding carboxylic acids is 2. The minimum Gasteiger partial charge on any atom is -0.497 e. The SMILES string of the molecule is COc1ccc(N(C=O)C(=O)Nc2ccc3c(c2)OCO3)cc1. The van der Waals surface area contributed by atoms with Crippen LogP contribution in [0.3, 0.4) is 0 Å². The largest absolute Gasteiger partial charge is 0.497 e. The molecule has 0 radical (unpaired) electrons. The lowest BCUT2D eigenvalue weighted by atomic mass is 10.2. The lowest BCUT2D eigenvalue weighted by Crippen LogP contribution is -2.33. The van der Waals surface area contributed by atoms with E-state index in [2.05, 4.69) is 5.32 Å². The Hall–Kier alpha value is -3.22. The molecule has 0 unspecified atom stereocenters. The smallest absolute Gasteiger partial charge is 0.332 e. The van der Waals surface area contributed by atoms with E-state index < -0.39 is 6.03 Å². The summed E-state index contributed by atoms with van der Waals surface area (Å²) in [5, 5.41) is 2.64. The van der Waals surface area contributed by atoms with Gasteiger partial charge in [0.2, 0.25) is 13.2 Å². The summed E-state index contributed by atoms with van der Waals surface area (Å²) >= 11 is 0. The summed E-state index contributed by atoms with van der Waals surface area (Å²) in [6.45, 7) is 0.152. The van der Waals surface area contributed by atoms with Gasteiger partial charge < -0.3 is 19.5 Å².